The molecule has 1 aliphatic carbocycles. The van der Waals surface area contributed by atoms with Crippen molar-refractivity contribution in [1.82, 2.24) is 0 Å². The van der Waals surface area contributed by atoms with Gasteiger partial charge in [-0.15, -0.1) is 0 Å². The number of allylic oxidation sites excluding steroid dienone is 1. The fraction of sp³-hybridized carbons (Fsp3) is 0.438. The number of amides is 1. The first kappa shape index (κ1) is 14.6. The zero-order chi connectivity index (χ0) is 14.2. The summed E-state index contributed by atoms with van der Waals surface area (Å²) in [5.41, 5.74) is 7.43. The first-order chi connectivity index (χ1) is 9.78. The summed E-state index contributed by atoms with van der Waals surface area (Å²) < 4.78 is 5.39. The standard InChI is InChI=1S/C16H22N2O2/c17-10-11-20-15-8-6-14(7-9-15)18-16(19)12-13-4-2-1-3-5-13/h4,6-9H,1-3,5,10-12,17H2,(H,18,19). The van der Waals surface area contributed by atoms with Gasteiger partial charge in [0.15, 0.2) is 0 Å². The molecule has 4 heteroatoms. The first-order valence-electron chi connectivity index (χ1n) is 7.18. The van der Waals surface area contributed by atoms with E-state index < -0.39 is 0 Å². The molecule has 0 aromatic heterocycles. The number of benzene rings is 1. The maximum atomic E-state index is 11.9. The third kappa shape index (κ3) is 4.70. The number of nitrogens with two attached hydrogens (primary N) is 1. The van der Waals surface area contributed by atoms with Crippen molar-refractivity contribution in [2.75, 3.05) is 18.5 Å². The molecule has 108 valence electrons. The molecular formula is C16H22N2O2. The number of nitrogens with one attached hydrogen (secondary N) is 1. The number of rotatable bonds is 6. The average molecular weight is 274 g/mol. The van der Waals surface area contributed by atoms with Gasteiger partial charge in [0.1, 0.15) is 12.4 Å². The minimum absolute atomic E-state index is 0.0498. The van der Waals surface area contributed by atoms with Gasteiger partial charge < -0.3 is 15.8 Å². The van der Waals surface area contributed by atoms with Crippen molar-refractivity contribution in [2.45, 2.75) is 32.1 Å². The van der Waals surface area contributed by atoms with E-state index in [1.165, 1.54) is 18.4 Å². The van der Waals surface area contributed by atoms with Gasteiger partial charge in [-0.3, -0.25) is 4.79 Å². The van der Waals surface area contributed by atoms with Crippen LogP contribution >= 0.6 is 0 Å². The Kier molecular flexibility index (Phi) is 5.62. The summed E-state index contributed by atoms with van der Waals surface area (Å²) in [4.78, 5) is 11.9. The number of hydrogen-bond donors (Lipinski definition) is 2. The van der Waals surface area contributed by atoms with Crippen molar-refractivity contribution >= 4 is 11.6 Å². The second kappa shape index (κ2) is 7.70. The van der Waals surface area contributed by atoms with Gasteiger partial charge in [-0.2, -0.15) is 0 Å². The zero-order valence-corrected chi connectivity index (χ0v) is 11.7. The van der Waals surface area contributed by atoms with Gasteiger partial charge in [-0.25, -0.2) is 0 Å². The summed E-state index contributed by atoms with van der Waals surface area (Å²) in [6, 6.07) is 7.37. The van der Waals surface area contributed by atoms with E-state index in [9.17, 15) is 4.79 Å². The Labute approximate surface area is 120 Å². The molecule has 1 amide bonds. The molecule has 0 fully saturated rings. The summed E-state index contributed by atoms with van der Waals surface area (Å²) in [7, 11) is 0. The second-order valence-corrected chi connectivity index (χ2v) is 4.99. The maximum absolute atomic E-state index is 11.9. The minimum Gasteiger partial charge on any atom is -0.492 e. The molecule has 0 saturated heterocycles. The van der Waals surface area contributed by atoms with E-state index in [1.807, 2.05) is 24.3 Å². The average Bonchev–Trinajstić information content (AvgIpc) is 2.47. The number of hydrogen-bond acceptors (Lipinski definition) is 3. The number of ether oxygens (including phenoxy) is 1. The second-order valence-electron chi connectivity index (χ2n) is 4.99. The summed E-state index contributed by atoms with van der Waals surface area (Å²) in [5, 5.41) is 2.91. The molecule has 1 aromatic rings. The highest BCUT2D eigenvalue weighted by Crippen LogP contribution is 2.21. The van der Waals surface area contributed by atoms with Crippen LogP contribution in [0.15, 0.2) is 35.9 Å². The topological polar surface area (TPSA) is 64.3 Å². The van der Waals surface area contributed by atoms with Crippen molar-refractivity contribution in [1.29, 1.82) is 0 Å². The van der Waals surface area contributed by atoms with E-state index in [2.05, 4.69) is 11.4 Å². The molecule has 3 N–H and O–H groups in total. The first-order valence-corrected chi connectivity index (χ1v) is 7.18. The van der Waals surface area contributed by atoms with E-state index >= 15 is 0 Å². The Morgan fingerprint density at radius 1 is 1.25 bits per heavy atom. The molecule has 0 atom stereocenters. The van der Waals surface area contributed by atoms with Gasteiger partial charge in [0, 0.05) is 18.7 Å². The molecule has 1 aliphatic rings. The van der Waals surface area contributed by atoms with E-state index in [0.29, 0.717) is 19.6 Å². The van der Waals surface area contributed by atoms with Crippen LogP contribution in [-0.2, 0) is 4.79 Å². The van der Waals surface area contributed by atoms with Crippen LogP contribution in [0.25, 0.3) is 0 Å². The molecule has 0 unspecified atom stereocenters. The zero-order valence-electron chi connectivity index (χ0n) is 11.7. The highest BCUT2D eigenvalue weighted by molar-refractivity contribution is 5.92. The highest BCUT2D eigenvalue weighted by atomic mass is 16.5. The third-order valence-electron chi connectivity index (χ3n) is 3.30. The molecule has 2 rings (SSSR count). The maximum Gasteiger partial charge on any atom is 0.228 e. The monoisotopic (exact) mass is 274 g/mol. The van der Waals surface area contributed by atoms with Gasteiger partial charge in [-0.05, 0) is 49.9 Å². The normalized spacial score (nSPS) is 14.6. The van der Waals surface area contributed by atoms with Crippen LogP contribution in [0.4, 0.5) is 5.69 Å². The summed E-state index contributed by atoms with van der Waals surface area (Å²) in [6.45, 7) is 0.994. The Morgan fingerprint density at radius 2 is 2.05 bits per heavy atom. The lowest BCUT2D eigenvalue weighted by Gasteiger charge is -2.12. The molecule has 0 radical (unpaired) electrons. The van der Waals surface area contributed by atoms with Crippen molar-refractivity contribution in [3.8, 4) is 5.75 Å². The van der Waals surface area contributed by atoms with Crippen LogP contribution in [0.3, 0.4) is 0 Å². The Hall–Kier alpha value is -1.81. The van der Waals surface area contributed by atoms with Crippen LogP contribution in [-0.4, -0.2) is 19.1 Å². The molecule has 1 aromatic carbocycles. The van der Waals surface area contributed by atoms with Gasteiger partial charge in [0.2, 0.25) is 5.91 Å². The molecule has 0 aliphatic heterocycles. The quantitative estimate of drug-likeness (QED) is 0.784. The molecule has 0 spiro atoms. The van der Waals surface area contributed by atoms with Crippen molar-refractivity contribution in [2.24, 2.45) is 5.73 Å². The van der Waals surface area contributed by atoms with Crippen LogP contribution in [0.5, 0.6) is 5.75 Å². The molecule has 4 nitrogen and oxygen atoms in total. The lowest BCUT2D eigenvalue weighted by molar-refractivity contribution is -0.115. The Balaban J connectivity index is 1.83. The van der Waals surface area contributed by atoms with Gasteiger partial charge in [0.05, 0.1) is 0 Å². The molecular weight excluding hydrogens is 252 g/mol. The molecule has 0 bridgehead atoms. The highest BCUT2D eigenvalue weighted by Gasteiger charge is 2.09. The minimum atomic E-state index is 0.0498. The predicted molar refractivity (Wildman–Crippen MR) is 80.8 cm³/mol. The SMILES string of the molecule is NCCOc1ccc(NC(=O)CC2=CCCCC2)cc1. The van der Waals surface area contributed by atoms with E-state index in [0.717, 1.165) is 24.3 Å². The Morgan fingerprint density at radius 3 is 2.70 bits per heavy atom. The van der Waals surface area contributed by atoms with E-state index in [1.54, 1.807) is 0 Å². The van der Waals surface area contributed by atoms with E-state index in [4.69, 9.17) is 10.5 Å². The smallest absolute Gasteiger partial charge is 0.228 e. The fourth-order valence-corrected chi connectivity index (χ4v) is 2.29. The van der Waals surface area contributed by atoms with Gasteiger partial charge >= 0.3 is 0 Å². The van der Waals surface area contributed by atoms with Crippen molar-refractivity contribution < 1.29 is 9.53 Å². The van der Waals surface area contributed by atoms with Crippen molar-refractivity contribution in [3.63, 3.8) is 0 Å². The van der Waals surface area contributed by atoms with Crippen LogP contribution in [0, 0.1) is 0 Å². The summed E-state index contributed by atoms with van der Waals surface area (Å²) in [6.07, 6.45) is 7.31. The van der Waals surface area contributed by atoms with Gasteiger partial charge in [-0.1, -0.05) is 11.6 Å². The molecule has 20 heavy (non-hydrogen) atoms. The molecule has 0 heterocycles. The lowest BCUT2D eigenvalue weighted by Crippen LogP contribution is -2.13. The van der Waals surface area contributed by atoms with Crippen LogP contribution in [0.1, 0.15) is 32.1 Å². The molecule has 0 saturated carbocycles. The fourth-order valence-electron chi connectivity index (χ4n) is 2.29. The van der Waals surface area contributed by atoms with Crippen LogP contribution in [0.2, 0.25) is 0 Å². The Bertz CT molecular complexity index is 466. The third-order valence-corrected chi connectivity index (χ3v) is 3.30. The number of carbonyl (C=O) groups excluding carboxylic acids is 1. The van der Waals surface area contributed by atoms with Crippen molar-refractivity contribution in [3.05, 3.63) is 35.9 Å². The number of carbonyl (C=O) groups is 1. The largest absolute Gasteiger partial charge is 0.492 e. The summed E-state index contributed by atoms with van der Waals surface area (Å²) >= 11 is 0. The predicted octanol–water partition coefficient (Wildman–Crippen LogP) is 2.85. The lowest BCUT2D eigenvalue weighted by atomic mass is 9.97. The summed E-state index contributed by atoms with van der Waals surface area (Å²) in [5.74, 6) is 0.817. The number of anilines is 1. The van der Waals surface area contributed by atoms with Gasteiger partial charge in [0.25, 0.3) is 0 Å². The van der Waals surface area contributed by atoms with Crippen LogP contribution < -0.4 is 15.8 Å². The van der Waals surface area contributed by atoms with E-state index in [-0.39, 0.29) is 5.91 Å².